The fraction of sp³-hybridized carbons (Fsp3) is 0.0952. The number of imide groups is 1. The second-order valence-electron chi connectivity index (χ2n) is 6.61. The van der Waals surface area contributed by atoms with Crippen LogP contribution in [0.1, 0.15) is 17.3 Å². The fourth-order valence-corrected chi connectivity index (χ4v) is 4.30. The van der Waals surface area contributed by atoms with Crippen molar-refractivity contribution in [2.24, 2.45) is 5.10 Å². The van der Waals surface area contributed by atoms with Crippen LogP contribution in [0.15, 0.2) is 53.6 Å². The van der Waals surface area contributed by atoms with Gasteiger partial charge in [-0.15, -0.1) is 11.3 Å². The lowest BCUT2D eigenvalue weighted by atomic mass is 9.92. The monoisotopic (exact) mass is 465 g/mol. The molecule has 1 N–H and O–H groups in total. The van der Waals surface area contributed by atoms with Crippen molar-refractivity contribution in [2.75, 3.05) is 4.90 Å². The first-order chi connectivity index (χ1) is 15.4. The van der Waals surface area contributed by atoms with Crippen molar-refractivity contribution in [2.45, 2.75) is 12.3 Å². The highest BCUT2D eigenvalue weighted by molar-refractivity contribution is 7.19. The van der Waals surface area contributed by atoms with Gasteiger partial charge in [0, 0.05) is 5.02 Å². The number of nitrogens with zero attached hydrogens (tertiary/aromatic N) is 4. The number of fused-ring (bicyclic) bond motifs is 1. The summed E-state index contributed by atoms with van der Waals surface area (Å²) in [5.41, 5.74) is 2.44. The first kappa shape index (κ1) is 21.3. The van der Waals surface area contributed by atoms with E-state index in [0.717, 1.165) is 16.0 Å². The van der Waals surface area contributed by atoms with Gasteiger partial charge in [0.2, 0.25) is 5.78 Å². The van der Waals surface area contributed by atoms with Crippen molar-refractivity contribution < 1.29 is 19.2 Å². The summed E-state index contributed by atoms with van der Waals surface area (Å²) in [5, 5.41) is 13.1. The van der Waals surface area contributed by atoms with E-state index >= 15 is 0 Å². The molecule has 0 bridgehead atoms. The van der Waals surface area contributed by atoms with Crippen molar-refractivity contribution in [1.29, 1.82) is 5.26 Å². The van der Waals surface area contributed by atoms with E-state index in [1.165, 1.54) is 24.3 Å². The van der Waals surface area contributed by atoms with Gasteiger partial charge in [-0.2, -0.15) is 10.4 Å². The van der Waals surface area contributed by atoms with E-state index in [1.54, 1.807) is 30.3 Å². The number of para-hydroxylation sites is 1. The molecule has 3 aromatic rings. The molecule has 0 spiro atoms. The summed E-state index contributed by atoms with van der Waals surface area (Å²) in [6, 6.07) is 14.5. The molecule has 1 saturated heterocycles. The number of nitrogens with one attached hydrogen (secondary N) is 1. The van der Waals surface area contributed by atoms with E-state index in [-0.39, 0.29) is 16.4 Å². The predicted octanol–water partition coefficient (Wildman–Crippen LogP) is 2.56. The SMILES string of the molecule is N#CCC(=O)N/N=C1\C(=O)N(c2ccc(Cl)cc2)C(=O)C(=O)[C@@H]1c1nc2ccccc2s1. The third-order valence-electron chi connectivity index (χ3n) is 4.55. The minimum absolute atomic E-state index is 0.122. The summed E-state index contributed by atoms with van der Waals surface area (Å²) in [6.07, 6.45) is -0.495. The number of piperidine rings is 1. The Labute approximate surface area is 189 Å². The molecule has 11 heteroatoms. The third-order valence-corrected chi connectivity index (χ3v) is 5.91. The van der Waals surface area contributed by atoms with Gasteiger partial charge in [0.25, 0.3) is 11.8 Å². The second kappa shape index (κ2) is 8.66. The summed E-state index contributed by atoms with van der Waals surface area (Å²) in [5.74, 6) is -5.02. The first-order valence-electron chi connectivity index (χ1n) is 9.17. The summed E-state index contributed by atoms with van der Waals surface area (Å²) >= 11 is 7.02. The van der Waals surface area contributed by atoms with Gasteiger partial charge in [-0.1, -0.05) is 23.7 Å². The summed E-state index contributed by atoms with van der Waals surface area (Å²) in [6.45, 7) is 0. The van der Waals surface area contributed by atoms with E-state index in [1.807, 2.05) is 0 Å². The van der Waals surface area contributed by atoms with Crippen molar-refractivity contribution in [3.8, 4) is 6.07 Å². The molecule has 3 amide bonds. The molecule has 1 aliphatic rings. The molecule has 0 radical (unpaired) electrons. The molecule has 2 aromatic carbocycles. The minimum atomic E-state index is -1.39. The number of hydrazone groups is 1. The zero-order valence-corrected chi connectivity index (χ0v) is 17.7. The van der Waals surface area contributed by atoms with E-state index < -0.39 is 35.8 Å². The largest absolute Gasteiger partial charge is 0.302 e. The van der Waals surface area contributed by atoms with Gasteiger partial charge < -0.3 is 0 Å². The quantitative estimate of drug-likeness (QED) is 0.357. The van der Waals surface area contributed by atoms with E-state index in [9.17, 15) is 19.2 Å². The van der Waals surface area contributed by atoms with Crippen LogP contribution in [0.2, 0.25) is 5.02 Å². The second-order valence-corrected chi connectivity index (χ2v) is 8.10. The number of aromatic nitrogens is 1. The Kier molecular flexibility index (Phi) is 5.77. The number of nitriles is 1. The fourth-order valence-electron chi connectivity index (χ4n) is 3.10. The van der Waals surface area contributed by atoms with Crippen LogP contribution in [0.3, 0.4) is 0 Å². The molecule has 9 nitrogen and oxygen atoms in total. The Hall–Kier alpha value is -3.94. The van der Waals surface area contributed by atoms with Gasteiger partial charge in [-0.25, -0.2) is 15.3 Å². The minimum Gasteiger partial charge on any atom is -0.287 e. The number of anilines is 1. The third kappa shape index (κ3) is 3.87. The maximum atomic E-state index is 13.3. The van der Waals surface area contributed by atoms with Crippen LogP contribution in [0.5, 0.6) is 0 Å². The highest BCUT2D eigenvalue weighted by atomic mass is 35.5. The van der Waals surface area contributed by atoms with Crippen LogP contribution in [-0.2, 0) is 19.2 Å². The molecular weight excluding hydrogens is 454 g/mol. The molecule has 0 unspecified atom stereocenters. The molecule has 32 heavy (non-hydrogen) atoms. The lowest BCUT2D eigenvalue weighted by molar-refractivity contribution is -0.139. The van der Waals surface area contributed by atoms with Crippen LogP contribution in [-0.4, -0.2) is 34.2 Å². The number of amides is 3. The Balaban J connectivity index is 1.81. The number of carbonyl (C=O) groups is 4. The molecule has 0 saturated carbocycles. The highest BCUT2D eigenvalue weighted by Gasteiger charge is 2.48. The first-order valence-corrected chi connectivity index (χ1v) is 10.4. The van der Waals surface area contributed by atoms with Crippen LogP contribution < -0.4 is 10.3 Å². The lowest BCUT2D eigenvalue weighted by Crippen LogP contribution is -2.55. The molecule has 0 aliphatic carbocycles. The van der Waals surface area contributed by atoms with E-state index in [2.05, 4.69) is 15.5 Å². The predicted molar refractivity (Wildman–Crippen MR) is 117 cm³/mol. The zero-order valence-electron chi connectivity index (χ0n) is 16.1. The standard InChI is InChI=1S/C21H12ClN5O4S/c22-11-5-7-12(8-6-11)27-20(30)17(26-25-15(28)9-10-23)16(18(29)21(27)31)19-24-13-3-1-2-4-14(13)32-19/h1-8,16H,9H2,(H,25,28)/b26-17-/t16-/m1/s1. The molecule has 1 aliphatic heterocycles. The van der Waals surface area contributed by atoms with Gasteiger partial charge in [-0.05, 0) is 36.4 Å². The number of thiazole rings is 1. The topological polar surface area (TPSA) is 133 Å². The number of Topliss-reactive ketones (excluding diaryl/α,β-unsaturated/α-hetero) is 1. The number of hydrogen-bond donors (Lipinski definition) is 1. The summed E-state index contributed by atoms with van der Waals surface area (Å²) < 4.78 is 0.753. The average molecular weight is 466 g/mol. The Morgan fingerprint density at radius 1 is 1.16 bits per heavy atom. The highest BCUT2D eigenvalue weighted by Crippen LogP contribution is 2.33. The molecule has 158 valence electrons. The van der Waals surface area contributed by atoms with Crippen LogP contribution in [0.25, 0.3) is 10.2 Å². The molecule has 1 aromatic heterocycles. The number of hydrogen-bond acceptors (Lipinski definition) is 8. The Morgan fingerprint density at radius 2 is 1.88 bits per heavy atom. The molecule has 2 heterocycles. The van der Waals surface area contributed by atoms with Crippen molar-refractivity contribution in [3.63, 3.8) is 0 Å². The van der Waals surface area contributed by atoms with Gasteiger partial charge in [0.05, 0.1) is 22.0 Å². The Morgan fingerprint density at radius 3 is 2.56 bits per heavy atom. The number of ketones is 1. The maximum absolute atomic E-state index is 13.3. The summed E-state index contributed by atoms with van der Waals surface area (Å²) in [7, 11) is 0. The van der Waals surface area contributed by atoms with Gasteiger partial charge >= 0.3 is 5.91 Å². The van der Waals surface area contributed by atoms with E-state index in [4.69, 9.17) is 16.9 Å². The molecule has 1 atom stereocenters. The lowest BCUT2D eigenvalue weighted by Gasteiger charge is -2.29. The Bertz CT molecular complexity index is 1310. The molecule has 4 rings (SSSR count). The average Bonchev–Trinajstić information content (AvgIpc) is 3.20. The van der Waals surface area contributed by atoms with Crippen molar-refractivity contribution in [1.82, 2.24) is 10.4 Å². The van der Waals surface area contributed by atoms with E-state index in [0.29, 0.717) is 15.4 Å². The number of benzene rings is 2. The van der Waals surface area contributed by atoms with Crippen LogP contribution in [0, 0.1) is 11.3 Å². The maximum Gasteiger partial charge on any atom is 0.302 e. The normalized spacial score (nSPS) is 17.6. The zero-order chi connectivity index (χ0) is 22.8. The number of carbonyl (C=O) groups excluding carboxylic acids is 4. The van der Waals surface area contributed by atoms with Crippen LogP contribution in [0.4, 0.5) is 5.69 Å². The van der Waals surface area contributed by atoms with Crippen molar-refractivity contribution >= 4 is 68.1 Å². The van der Waals surface area contributed by atoms with Crippen LogP contribution >= 0.6 is 22.9 Å². The number of rotatable bonds is 4. The van der Waals surface area contributed by atoms with Gasteiger partial charge in [0.1, 0.15) is 23.1 Å². The van der Waals surface area contributed by atoms with Gasteiger partial charge in [0.15, 0.2) is 0 Å². The molecule has 1 fully saturated rings. The smallest absolute Gasteiger partial charge is 0.287 e. The van der Waals surface area contributed by atoms with Crippen molar-refractivity contribution in [3.05, 3.63) is 58.6 Å². The number of halogens is 1. The summed E-state index contributed by atoms with van der Waals surface area (Å²) in [4.78, 5) is 56.2. The molecular formula is C21H12ClN5O4S. The van der Waals surface area contributed by atoms with Gasteiger partial charge in [-0.3, -0.25) is 19.2 Å².